The molecule has 1 heterocycles. The quantitative estimate of drug-likeness (QED) is 0.844. The number of nitrogens with zero attached hydrogens (tertiary/aromatic N) is 2. The van der Waals surface area contributed by atoms with Crippen LogP contribution in [0.3, 0.4) is 0 Å². The van der Waals surface area contributed by atoms with Crippen molar-refractivity contribution in [2.75, 3.05) is 32.5 Å². The highest BCUT2D eigenvalue weighted by atomic mass is 16.3. The lowest BCUT2D eigenvalue weighted by Crippen LogP contribution is -2.21. The van der Waals surface area contributed by atoms with Gasteiger partial charge in [0.15, 0.2) is 0 Å². The number of nitrogens with one attached hydrogen (secondary N) is 1. The molecule has 2 aromatic rings. The Morgan fingerprint density at radius 3 is 2.88 bits per heavy atom. The zero-order valence-corrected chi connectivity index (χ0v) is 10.1. The van der Waals surface area contributed by atoms with Crippen LogP contribution in [-0.2, 0) is 0 Å². The van der Waals surface area contributed by atoms with Crippen molar-refractivity contribution in [3.8, 4) is 5.75 Å². The summed E-state index contributed by atoms with van der Waals surface area (Å²) in [4.78, 5) is 6.41. The lowest BCUT2D eigenvalue weighted by Gasteiger charge is -2.12. The van der Waals surface area contributed by atoms with Gasteiger partial charge in [-0.3, -0.25) is 0 Å². The number of aromatic hydroxyl groups is 1. The van der Waals surface area contributed by atoms with Gasteiger partial charge in [-0.2, -0.15) is 0 Å². The summed E-state index contributed by atoms with van der Waals surface area (Å²) in [5.41, 5.74) is 0. The van der Waals surface area contributed by atoms with Gasteiger partial charge in [0.2, 0.25) is 0 Å². The predicted octanol–water partition coefficient (Wildman–Crippen LogP) is 1.91. The molecule has 0 bridgehead atoms. The molecule has 4 heteroatoms. The first-order chi connectivity index (χ1) is 8.16. The van der Waals surface area contributed by atoms with Crippen LogP contribution in [0.15, 0.2) is 30.5 Å². The molecule has 1 aromatic heterocycles. The van der Waals surface area contributed by atoms with Crippen molar-refractivity contribution in [1.82, 2.24) is 9.88 Å². The number of anilines is 1. The Balaban J connectivity index is 2.24. The molecule has 0 aliphatic rings. The maximum atomic E-state index is 9.50. The van der Waals surface area contributed by atoms with E-state index in [0.717, 1.165) is 29.7 Å². The Kier molecular flexibility index (Phi) is 3.44. The summed E-state index contributed by atoms with van der Waals surface area (Å²) < 4.78 is 0. The van der Waals surface area contributed by atoms with Crippen LogP contribution in [0.2, 0.25) is 0 Å². The van der Waals surface area contributed by atoms with Gasteiger partial charge < -0.3 is 15.3 Å². The maximum Gasteiger partial charge on any atom is 0.133 e. The number of phenolic OH excluding ortho intramolecular Hbond substituents is 1. The van der Waals surface area contributed by atoms with E-state index in [1.807, 2.05) is 26.2 Å². The number of hydrogen-bond acceptors (Lipinski definition) is 4. The first-order valence-corrected chi connectivity index (χ1v) is 5.63. The van der Waals surface area contributed by atoms with Gasteiger partial charge in [0.05, 0.1) is 0 Å². The average Bonchev–Trinajstić information content (AvgIpc) is 2.29. The standard InChI is InChI=1S/C13H17N3O/c1-16(2)8-7-15-13-12-9-11(17)4-3-10(12)5-6-14-13/h3-6,9,17H,7-8H2,1-2H3,(H,14,15). The largest absolute Gasteiger partial charge is 0.508 e. The van der Waals surface area contributed by atoms with Crippen molar-refractivity contribution in [2.45, 2.75) is 0 Å². The monoisotopic (exact) mass is 231 g/mol. The summed E-state index contributed by atoms with van der Waals surface area (Å²) in [5.74, 6) is 1.08. The fourth-order valence-corrected chi connectivity index (χ4v) is 1.70. The van der Waals surface area contributed by atoms with Crippen LogP contribution in [0.1, 0.15) is 0 Å². The van der Waals surface area contributed by atoms with Crippen LogP contribution in [0.4, 0.5) is 5.82 Å². The van der Waals surface area contributed by atoms with E-state index in [1.165, 1.54) is 0 Å². The molecule has 0 aliphatic heterocycles. The number of likely N-dealkylation sites (N-methyl/N-ethyl adjacent to an activating group) is 1. The molecule has 0 unspecified atom stereocenters. The van der Waals surface area contributed by atoms with E-state index in [2.05, 4.69) is 15.2 Å². The molecule has 0 saturated heterocycles. The molecule has 1 aromatic carbocycles. The van der Waals surface area contributed by atoms with Gasteiger partial charge in [0.1, 0.15) is 11.6 Å². The molecule has 0 fully saturated rings. The van der Waals surface area contributed by atoms with Crippen LogP contribution in [0.5, 0.6) is 5.75 Å². The summed E-state index contributed by atoms with van der Waals surface area (Å²) in [6.07, 6.45) is 1.78. The number of rotatable bonds is 4. The molecule has 17 heavy (non-hydrogen) atoms. The van der Waals surface area contributed by atoms with Crippen LogP contribution in [0, 0.1) is 0 Å². The third-order valence-corrected chi connectivity index (χ3v) is 2.60. The zero-order chi connectivity index (χ0) is 12.3. The van der Waals surface area contributed by atoms with E-state index in [1.54, 1.807) is 18.3 Å². The second kappa shape index (κ2) is 5.01. The van der Waals surface area contributed by atoms with Crippen molar-refractivity contribution in [3.63, 3.8) is 0 Å². The predicted molar refractivity (Wildman–Crippen MR) is 70.5 cm³/mol. The van der Waals surface area contributed by atoms with E-state index in [9.17, 15) is 5.11 Å². The number of benzene rings is 1. The van der Waals surface area contributed by atoms with Gasteiger partial charge in [-0.15, -0.1) is 0 Å². The lowest BCUT2D eigenvalue weighted by molar-refractivity contribution is 0.425. The van der Waals surface area contributed by atoms with Crippen molar-refractivity contribution in [1.29, 1.82) is 0 Å². The highest BCUT2D eigenvalue weighted by molar-refractivity contribution is 5.92. The third kappa shape index (κ3) is 2.85. The molecule has 0 spiro atoms. The minimum absolute atomic E-state index is 0.265. The second-order valence-corrected chi connectivity index (χ2v) is 4.30. The van der Waals surface area contributed by atoms with Crippen molar-refractivity contribution >= 4 is 16.6 Å². The molecule has 0 radical (unpaired) electrons. The highest BCUT2D eigenvalue weighted by Crippen LogP contribution is 2.24. The van der Waals surface area contributed by atoms with Crippen molar-refractivity contribution in [3.05, 3.63) is 30.5 Å². The first-order valence-electron chi connectivity index (χ1n) is 5.63. The molecular weight excluding hydrogens is 214 g/mol. The highest BCUT2D eigenvalue weighted by Gasteiger charge is 2.02. The first kappa shape index (κ1) is 11.7. The van der Waals surface area contributed by atoms with Crippen molar-refractivity contribution < 1.29 is 5.11 Å². The molecule has 0 atom stereocenters. The van der Waals surface area contributed by atoms with Gasteiger partial charge in [0.25, 0.3) is 0 Å². The molecule has 2 N–H and O–H groups in total. The molecule has 2 rings (SSSR count). The topological polar surface area (TPSA) is 48.4 Å². The molecule has 90 valence electrons. The number of pyridine rings is 1. The van der Waals surface area contributed by atoms with E-state index < -0.39 is 0 Å². The van der Waals surface area contributed by atoms with E-state index in [4.69, 9.17) is 0 Å². The van der Waals surface area contributed by atoms with Crippen LogP contribution >= 0.6 is 0 Å². The molecule has 0 saturated carbocycles. The lowest BCUT2D eigenvalue weighted by atomic mass is 10.1. The number of phenols is 1. The zero-order valence-electron chi connectivity index (χ0n) is 10.1. The minimum Gasteiger partial charge on any atom is -0.508 e. The van der Waals surface area contributed by atoms with E-state index >= 15 is 0 Å². The van der Waals surface area contributed by atoms with Crippen LogP contribution in [-0.4, -0.2) is 42.2 Å². The second-order valence-electron chi connectivity index (χ2n) is 4.30. The van der Waals surface area contributed by atoms with Gasteiger partial charge in [-0.1, -0.05) is 6.07 Å². The third-order valence-electron chi connectivity index (χ3n) is 2.60. The maximum absolute atomic E-state index is 9.50. The van der Waals surface area contributed by atoms with Crippen LogP contribution in [0.25, 0.3) is 10.8 Å². The van der Waals surface area contributed by atoms with Gasteiger partial charge in [-0.25, -0.2) is 4.98 Å². The normalized spacial score (nSPS) is 11.0. The summed E-state index contributed by atoms with van der Waals surface area (Å²) >= 11 is 0. The fraction of sp³-hybridized carbons (Fsp3) is 0.308. The van der Waals surface area contributed by atoms with E-state index in [0.29, 0.717) is 0 Å². The van der Waals surface area contributed by atoms with Crippen molar-refractivity contribution in [2.24, 2.45) is 0 Å². The van der Waals surface area contributed by atoms with Gasteiger partial charge >= 0.3 is 0 Å². The SMILES string of the molecule is CN(C)CCNc1nccc2ccc(O)cc12. The Morgan fingerprint density at radius 1 is 1.29 bits per heavy atom. The summed E-state index contributed by atoms with van der Waals surface area (Å²) in [7, 11) is 4.06. The summed E-state index contributed by atoms with van der Waals surface area (Å²) in [6, 6.07) is 7.25. The summed E-state index contributed by atoms with van der Waals surface area (Å²) in [5, 5.41) is 14.8. The Bertz CT molecular complexity index is 511. The smallest absolute Gasteiger partial charge is 0.133 e. The van der Waals surface area contributed by atoms with E-state index in [-0.39, 0.29) is 5.75 Å². The summed E-state index contributed by atoms with van der Waals surface area (Å²) in [6.45, 7) is 1.77. The Labute approximate surface area is 101 Å². The number of fused-ring (bicyclic) bond motifs is 1. The fourth-order valence-electron chi connectivity index (χ4n) is 1.70. The number of hydrogen-bond donors (Lipinski definition) is 2. The van der Waals surface area contributed by atoms with Gasteiger partial charge in [-0.05, 0) is 37.7 Å². The molecule has 0 aliphatic carbocycles. The minimum atomic E-state index is 0.265. The Morgan fingerprint density at radius 2 is 2.12 bits per heavy atom. The molecule has 0 amide bonds. The number of aromatic nitrogens is 1. The van der Waals surface area contributed by atoms with Gasteiger partial charge in [0, 0.05) is 24.7 Å². The average molecular weight is 231 g/mol. The Hall–Kier alpha value is -1.81. The van der Waals surface area contributed by atoms with Crippen LogP contribution < -0.4 is 5.32 Å². The molecule has 4 nitrogen and oxygen atoms in total. The molecular formula is C13H17N3O.